The van der Waals surface area contributed by atoms with Gasteiger partial charge in [-0.1, -0.05) is 0 Å². The molecule has 1 aromatic carbocycles. The number of carbonyl (C=O) groups is 1. The van der Waals surface area contributed by atoms with Crippen molar-refractivity contribution < 1.29 is 28.2 Å². The van der Waals surface area contributed by atoms with Crippen LogP contribution in [0.1, 0.15) is 25.0 Å². The Balaban J connectivity index is 1.60. The molecule has 164 valence electrons. The van der Waals surface area contributed by atoms with E-state index >= 15 is 0 Å². The first-order valence-electron chi connectivity index (χ1n) is 10.1. The van der Waals surface area contributed by atoms with Crippen LogP contribution in [0.4, 0.5) is 5.69 Å². The molecule has 1 unspecified atom stereocenters. The fraction of sp³-hybridized carbons (Fsp3) is 0.500. The molecule has 3 rings (SSSR count). The summed E-state index contributed by atoms with van der Waals surface area (Å²) in [5.41, 5.74) is 0.589. The van der Waals surface area contributed by atoms with E-state index in [4.69, 9.17) is 23.4 Å². The first-order valence-corrected chi connectivity index (χ1v) is 10.1. The van der Waals surface area contributed by atoms with E-state index < -0.39 is 0 Å². The van der Waals surface area contributed by atoms with Crippen molar-refractivity contribution >= 4 is 11.6 Å². The molecule has 0 radical (unpaired) electrons. The third-order valence-corrected chi connectivity index (χ3v) is 5.05. The highest BCUT2D eigenvalue weighted by molar-refractivity contribution is 5.91. The Hall–Kier alpha value is -2.71. The zero-order chi connectivity index (χ0) is 21.3. The summed E-state index contributed by atoms with van der Waals surface area (Å²) in [4.78, 5) is 14.8. The average Bonchev–Trinajstić information content (AvgIpc) is 3.45. The van der Waals surface area contributed by atoms with Crippen LogP contribution in [0.2, 0.25) is 0 Å². The zero-order valence-corrected chi connectivity index (χ0v) is 17.8. The fourth-order valence-corrected chi connectivity index (χ4v) is 3.57. The number of hydrogen-bond acceptors (Lipinski definition) is 7. The lowest BCUT2D eigenvalue weighted by Gasteiger charge is -2.24. The molecule has 8 nitrogen and oxygen atoms in total. The van der Waals surface area contributed by atoms with E-state index in [0.717, 1.165) is 31.8 Å². The number of nitrogens with one attached hydrogen (secondary N) is 1. The summed E-state index contributed by atoms with van der Waals surface area (Å²) in [5, 5.41) is 2.91. The Bertz CT molecular complexity index is 777. The number of amides is 1. The van der Waals surface area contributed by atoms with Gasteiger partial charge in [-0.2, -0.15) is 0 Å². The number of carbonyl (C=O) groups excluding carboxylic acids is 1. The molecule has 1 aliphatic heterocycles. The highest BCUT2D eigenvalue weighted by Gasteiger charge is 2.21. The first kappa shape index (κ1) is 22.0. The van der Waals surface area contributed by atoms with Gasteiger partial charge in [0.15, 0.2) is 11.5 Å². The second kappa shape index (κ2) is 10.9. The molecule has 1 atom stereocenters. The van der Waals surface area contributed by atoms with Crippen LogP contribution in [-0.4, -0.2) is 57.9 Å². The van der Waals surface area contributed by atoms with Gasteiger partial charge in [-0.05, 0) is 25.0 Å². The van der Waals surface area contributed by atoms with Gasteiger partial charge in [0.25, 0.3) is 0 Å². The molecule has 0 spiro atoms. The van der Waals surface area contributed by atoms with Crippen molar-refractivity contribution in [2.75, 3.05) is 46.3 Å². The molecule has 0 aliphatic carbocycles. The van der Waals surface area contributed by atoms with Crippen LogP contribution in [0.15, 0.2) is 34.9 Å². The lowest BCUT2D eigenvalue weighted by Crippen LogP contribution is -2.34. The Kier molecular flexibility index (Phi) is 7.98. The second-order valence-corrected chi connectivity index (χ2v) is 7.16. The van der Waals surface area contributed by atoms with Gasteiger partial charge in [0.2, 0.25) is 11.7 Å². The predicted molar refractivity (Wildman–Crippen MR) is 112 cm³/mol. The van der Waals surface area contributed by atoms with E-state index in [2.05, 4.69) is 10.2 Å². The summed E-state index contributed by atoms with van der Waals surface area (Å²) in [5.74, 6) is 2.24. The minimum Gasteiger partial charge on any atom is -0.493 e. The molecule has 0 saturated carbocycles. The van der Waals surface area contributed by atoms with Gasteiger partial charge in [-0.3, -0.25) is 9.69 Å². The number of rotatable bonds is 11. The van der Waals surface area contributed by atoms with Gasteiger partial charge < -0.3 is 28.7 Å². The molecular weight excluding hydrogens is 388 g/mol. The summed E-state index contributed by atoms with van der Waals surface area (Å²) in [7, 11) is 4.63. The maximum Gasteiger partial charge on any atom is 0.225 e. The van der Waals surface area contributed by atoms with E-state index in [1.54, 1.807) is 39.7 Å². The number of furan rings is 1. The van der Waals surface area contributed by atoms with Crippen LogP contribution < -0.4 is 19.5 Å². The van der Waals surface area contributed by atoms with Gasteiger partial charge in [0, 0.05) is 43.9 Å². The van der Waals surface area contributed by atoms with Gasteiger partial charge in [-0.15, -0.1) is 0 Å². The Morgan fingerprint density at radius 3 is 2.53 bits per heavy atom. The summed E-state index contributed by atoms with van der Waals surface area (Å²) >= 11 is 0. The number of anilines is 1. The number of ether oxygens (including phenoxy) is 4. The summed E-state index contributed by atoms with van der Waals surface area (Å²) in [6, 6.07) is 7.24. The lowest BCUT2D eigenvalue weighted by atomic mass is 10.2. The van der Waals surface area contributed by atoms with Crippen LogP contribution in [0.5, 0.6) is 17.2 Å². The zero-order valence-electron chi connectivity index (χ0n) is 17.8. The van der Waals surface area contributed by atoms with Crippen molar-refractivity contribution in [3.63, 3.8) is 0 Å². The SMILES string of the molecule is COc1cc(NC(=O)CCN(Cc2ccco2)CC2CCCO2)cc(OC)c1OC. The maximum atomic E-state index is 12.6. The highest BCUT2D eigenvalue weighted by Crippen LogP contribution is 2.39. The van der Waals surface area contributed by atoms with Crippen LogP contribution >= 0.6 is 0 Å². The van der Waals surface area contributed by atoms with Crippen LogP contribution in [0.3, 0.4) is 0 Å². The molecule has 1 aromatic heterocycles. The molecule has 1 fully saturated rings. The highest BCUT2D eigenvalue weighted by atomic mass is 16.5. The maximum absolute atomic E-state index is 12.6. The summed E-state index contributed by atoms with van der Waals surface area (Å²) < 4.78 is 27.3. The standard InChI is InChI=1S/C22H30N2O6/c1-26-19-12-16(13-20(27-2)22(19)28-3)23-21(25)8-9-24(14-17-6-4-10-29-17)15-18-7-5-11-30-18/h4,6,10,12-13,18H,5,7-9,11,14-15H2,1-3H3,(H,23,25). The predicted octanol–water partition coefficient (Wildman–Crippen LogP) is 3.32. The Labute approximate surface area is 177 Å². The van der Waals surface area contributed by atoms with Gasteiger partial charge in [0.1, 0.15) is 5.76 Å². The van der Waals surface area contributed by atoms with Crippen LogP contribution in [0, 0.1) is 0 Å². The van der Waals surface area contributed by atoms with Crippen molar-refractivity contribution in [1.82, 2.24) is 4.90 Å². The smallest absolute Gasteiger partial charge is 0.225 e. The monoisotopic (exact) mass is 418 g/mol. The average molecular weight is 418 g/mol. The fourth-order valence-electron chi connectivity index (χ4n) is 3.57. The largest absolute Gasteiger partial charge is 0.493 e. The Morgan fingerprint density at radius 2 is 1.97 bits per heavy atom. The van der Waals surface area contributed by atoms with Crippen LogP contribution in [0.25, 0.3) is 0 Å². The van der Waals surface area contributed by atoms with Crippen molar-refractivity contribution in [3.8, 4) is 17.2 Å². The van der Waals surface area contributed by atoms with E-state index in [1.807, 2.05) is 12.1 Å². The third-order valence-electron chi connectivity index (χ3n) is 5.05. The second-order valence-electron chi connectivity index (χ2n) is 7.16. The molecule has 1 N–H and O–H groups in total. The number of methoxy groups -OCH3 is 3. The van der Waals surface area contributed by atoms with E-state index in [1.165, 1.54) is 0 Å². The van der Waals surface area contributed by atoms with E-state index in [9.17, 15) is 4.79 Å². The minimum atomic E-state index is -0.0962. The summed E-state index contributed by atoms with van der Waals surface area (Å²) in [6.07, 6.45) is 4.34. The first-order chi connectivity index (χ1) is 14.6. The molecule has 2 heterocycles. The number of hydrogen-bond donors (Lipinski definition) is 1. The number of benzene rings is 1. The van der Waals surface area contributed by atoms with E-state index in [0.29, 0.717) is 42.4 Å². The van der Waals surface area contributed by atoms with Crippen molar-refractivity contribution in [3.05, 3.63) is 36.3 Å². The van der Waals surface area contributed by atoms with Crippen LogP contribution in [-0.2, 0) is 16.1 Å². The molecular formula is C22H30N2O6. The van der Waals surface area contributed by atoms with Gasteiger partial charge in [-0.25, -0.2) is 0 Å². The number of nitrogens with zero attached hydrogens (tertiary/aromatic N) is 1. The quantitative estimate of drug-likeness (QED) is 0.599. The molecule has 8 heteroatoms. The molecule has 1 amide bonds. The molecule has 1 saturated heterocycles. The van der Waals surface area contributed by atoms with Crippen molar-refractivity contribution in [1.29, 1.82) is 0 Å². The lowest BCUT2D eigenvalue weighted by molar-refractivity contribution is -0.116. The van der Waals surface area contributed by atoms with Crippen molar-refractivity contribution in [2.24, 2.45) is 0 Å². The minimum absolute atomic E-state index is 0.0962. The van der Waals surface area contributed by atoms with Crippen molar-refractivity contribution in [2.45, 2.75) is 31.9 Å². The Morgan fingerprint density at radius 1 is 1.20 bits per heavy atom. The molecule has 0 bridgehead atoms. The normalized spacial score (nSPS) is 15.9. The topological polar surface area (TPSA) is 82.4 Å². The molecule has 2 aromatic rings. The van der Waals surface area contributed by atoms with Gasteiger partial charge >= 0.3 is 0 Å². The van der Waals surface area contributed by atoms with E-state index in [-0.39, 0.29) is 12.0 Å². The summed E-state index contributed by atoms with van der Waals surface area (Å²) in [6.45, 7) is 2.82. The third kappa shape index (κ3) is 5.90. The van der Waals surface area contributed by atoms with Gasteiger partial charge in [0.05, 0.1) is 40.2 Å². The molecule has 30 heavy (non-hydrogen) atoms. The molecule has 1 aliphatic rings.